The molecule has 48 heavy (non-hydrogen) atoms. The highest BCUT2D eigenvalue weighted by atomic mass is 16.6. The fourth-order valence-corrected chi connectivity index (χ4v) is 5.98. The Morgan fingerprint density at radius 3 is 2.19 bits per heavy atom. The number of aldehydes is 1. The molecule has 0 unspecified atom stereocenters. The minimum Gasteiger partial charge on any atom is -0.491 e. The number of piperidine rings is 1. The lowest BCUT2D eigenvalue weighted by molar-refractivity contribution is -0.00682. The normalized spacial score (nSPS) is 14.7. The number of nitrogens with one attached hydrogen (secondary N) is 1. The number of carbonyl (C=O) groups excluding carboxylic acids is 2. The van der Waals surface area contributed by atoms with E-state index in [2.05, 4.69) is 47.7 Å². The van der Waals surface area contributed by atoms with Crippen LogP contribution in [0.25, 0.3) is 23.6 Å². The quantitative estimate of drug-likeness (QED) is 0.0898. The fraction of sp³-hybridized carbons (Fsp3) is 0.538. The number of H-pyrrole nitrogens is 1. The van der Waals surface area contributed by atoms with Crippen LogP contribution in [0.1, 0.15) is 78.7 Å². The number of aromatic nitrogens is 1. The highest BCUT2D eigenvalue weighted by Gasteiger charge is 2.21. The number of unbranched alkanes of at least 4 members (excludes halogenated alkanes) is 1. The van der Waals surface area contributed by atoms with Crippen LogP contribution in [0.15, 0.2) is 36.4 Å². The molecule has 0 atom stereocenters. The first-order valence-electron chi connectivity index (χ1n) is 17.5. The number of hydrogen-bond donors (Lipinski definition) is 1. The van der Waals surface area contributed by atoms with E-state index in [-0.39, 0.29) is 11.7 Å². The van der Waals surface area contributed by atoms with Crippen LogP contribution in [0.5, 0.6) is 5.75 Å². The Hall–Kier alpha value is -3.34. The second-order valence-corrected chi connectivity index (χ2v) is 12.6. The van der Waals surface area contributed by atoms with Crippen molar-refractivity contribution in [1.82, 2.24) is 9.88 Å². The lowest BCUT2D eigenvalue weighted by atomic mass is 9.89. The number of benzene rings is 2. The first kappa shape index (κ1) is 37.5. The zero-order valence-electron chi connectivity index (χ0n) is 29.1. The number of carbonyl (C=O) groups is 2. The summed E-state index contributed by atoms with van der Waals surface area (Å²) >= 11 is 0. The largest absolute Gasteiger partial charge is 0.491 e. The molecule has 1 saturated heterocycles. The van der Waals surface area contributed by atoms with Gasteiger partial charge in [0.05, 0.1) is 52.9 Å². The molecule has 0 bridgehead atoms. The van der Waals surface area contributed by atoms with Crippen LogP contribution < -0.4 is 15.3 Å². The molecular weight excluding hydrogens is 608 g/mol. The summed E-state index contributed by atoms with van der Waals surface area (Å²) in [7, 11) is 0. The predicted octanol–water partition coefficient (Wildman–Crippen LogP) is 5.13. The molecule has 9 heteroatoms. The van der Waals surface area contributed by atoms with Crippen molar-refractivity contribution in [3.63, 3.8) is 0 Å². The van der Waals surface area contributed by atoms with Crippen molar-refractivity contribution in [1.29, 1.82) is 0 Å². The third kappa shape index (κ3) is 11.4. The number of ether oxygens (including phenoxy) is 5. The highest BCUT2D eigenvalue weighted by Crippen LogP contribution is 2.29. The average molecular weight is 663 g/mol. The van der Waals surface area contributed by atoms with E-state index in [9.17, 15) is 9.59 Å². The van der Waals surface area contributed by atoms with Gasteiger partial charge in [0.2, 0.25) is 0 Å². The molecule has 0 saturated carbocycles. The number of aromatic amines is 1. The zero-order valence-corrected chi connectivity index (χ0v) is 29.1. The molecule has 0 spiro atoms. The Morgan fingerprint density at radius 2 is 1.56 bits per heavy atom. The predicted molar refractivity (Wildman–Crippen MR) is 191 cm³/mol. The Morgan fingerprint density at radius 1 is 0.917 bits per heavy atom. The van der Waals surface area contributed by atoms with Crippen LogP contribution in [0.2, 0.25) is 0 Å². The minimum atomic E-state index is -0.199. The molecule has 1 N–H and O–H groups in total. The number of Topliss-reactive ketones (excluding diaryl/α,β-unsaturated/α-hetero) is 1. The van der Waals surface area contributed by atoms with Crippen molar-refractivity contribution >= 4 is 35.6 Å². The lowest BCUT2D eigenvalue weighted by Gasteiger charge is -2.32. The van der Waals surface area contributed by atoms with Gasteiger partial charge in [-0.05, 0) is 68.1 Å². The maximum atomic E-state index is 12.4. The summed E-state index contributed by atoms with van der Waals surface area (Å²) in [6.07, 6.45) is 7.55. The SMILES string of the molecule is C=c1[nH]c2cc(C3CCN(CCOCCOCCOCCOCCOc4ccc(C=O)c(C(=O)C(C)C)c4)CC3)ccc2/c1=C/CCC. The molecule has 3 aromatic rings. The first-order valence-corrected chi connectivity index (χ1v) is 17.5. The molecule has 1 fully saturated rings. The molecule has 0 radical (unpaired) electrons. The van der Waals surface area contributed by atoms with E-state index in [1.807, 2.05) is 0 Å². The molecule has 0 aliphatic carbocycles. The van der Waals surface area contributed by atoms with Gasteiger partial charge in [0, 0.05) is 45.1 Å². The maximum Gasteiger partial charge on any atom is 0.166 e. The van der Waals surface area contributed by atoms with Gasteiger partial charge in [0.25, 0.3) is 0 Å². The molecule has 2 aromatic carbocycles. The molecule has 0 amide bonds. The zero-order chi connectivity index (χ0) is 34.1. The minimum absolute atomic E-state index is 0.0827. The standard InChI is InChI=1S/C39H54N2O7/c1-5-6-7-35-30(4)40-38-26-32(9-11-36(35)38)31-12-14-41(15-13-31)16-17-44-18-19-45-20-21-46-22-23-47-24-25-48-34-10-8-33(28-42)37(27-34)39(43)29(2)3/h7-11,26-29,31,40H,4-6,12-25H2,1-3H3/b35-7+. The van der Waals surface area contributed by atoms with Crippen LogP contribution in [-0.2, 0) is 18.9 Å². The summed E-state index contributed by atoms with van der Waals surface area (Å²) in [5, 5.41) is 3.56. The molecule has 262 valence electrons. The smallest absolute Gasteiger partial charge is 0.166 e. The summed E-state index contributed by atoms with van der Waals surface area (Å²) in [6.45, 7) is 17.6. The van der Waals surface area contributed by atoms with E-state index < -0.39 is 0 Å². The van der Waals surface area contributed by atoms with E-state index in [4.69, 9.17) is 23.7 Å². The first-order chi connectivity index (χ1) is 23.4. The monoisotopic (exact) mass is 662 g/mol. The van der Waals surface area contributed by atoms with Gasteiger partial charge in [-0.1, -0.05) is 52.0 Å². The number of hydrogen-bond acceptors (Lipinski definition) is 8. The van der Waals surface area contributed by atoms with Gasteiger partial charge in [-0.2, -0.15) is 0 Å². The number of fused-ring (bicyclic) bond motifs is 1. The topological polar surface area (TPSA) is 99.3 Å². The van der Waals surface area contributed by atoms with Crippen LogP contribution in [-0.4, -0.2) is 101 Å². The second-order valence-electron chi connectivity index (χ2n) is 12.6. The van der Waals surface area contributed by atoms with Crippen LogP contribution in [0, 0.1) is 5.92 Å². The Balaban J connectivity index is 0.965. The van der Waals surface area contributed by atoms with E-state index in [0.717, 1.165) is 37.8 Å². The summed E-state index contributed by atoms with van der Waals surface area (Å²) in [5.41, 5.74) is 3.39. The Bertz CT molecular complexity index is 1540. The fourth-order valence-electron chi connectivity index (χ4n) is 5.98. The third-order valence-corrected chi connectivity index (χ3v) is 8.75. The number of nitrogens with zero attached hydrogens (tertiary/aromatic N) is 1. The maximum absolute atomic E-state index is 12.4. The molecule has 4 rings (SSSR count). The van der Waals surface area contributed by atoms with Crippen LogP contribution in [0.3, 0.4) is 0 Å². The van der Waals surface area contributed by atoms with Crippen molar-refractivity contribution in [2.75, 3.05) is 79.1 Å². The molecule has 2 heterocycles. The van der Waals surface area contributed by atoms with Crippen LogP contribution in [0.4, 0.5) is 0 Å². The van der Waals surface area contributed by atoms with Gasteiger partial charge in [0.15, 0.2) is 12.1 Å². The summed E-state index contributed by atoms with van der Waals surface area (Å²) in [4.78, 5) is 29.6. The van der Waals surface area contributed by atoms with Gasteiger partial charge in [-0.25, -0.2) is 0 Å². The van der Waals surface area contributed by atoms with Crippen molar-refractivity contribution in [2.45, 2.75) is 52.4 Å². The van der Waals surface area contributed by atoms with Gasteiger partial charge >= 0.3 is 0 Å². The van der Waals surface area contributed by atoms with Crippen molar-refractivity contribution in [3.8, 4) is 5.75 Å². The lowest BCUT2D eigenvalue weighted by Crippen LogP contribution is -2.35. The van der Waals surface area contributed by atoms with Gasteiger partial charge in [0.1, 0.15) is 12.4 Å². The van der Waals surface area contributed by atoms with Gasteiger partial charge in [-0.15, -0.1) is 0 Å². The third-order valence-electron chi connectivity index (χ3n) is 8.75. The summed E-state index contributed by atoms with van der Waals surface area (Å²) < 4.78 is 28.2. The number of ketones is 1. The molecule has 1 aliphatic rings. The van der Waals surface area contributed by atoms with E-state index in [1.54, 1.807) is 32.0 Å². The number of rotatable bonds is 22. The van der Waals surface area contributed by atoms with Crippen molar-refractivity contribution in [3.05, 3.63) is 63.7 Å². The van der Waals surface area contributed by atoms with Gasteiger partial charge in [-0.3, -0.25) is 9.59 Å². The molecule has 1 aromatic heterocycles. The summed E-state index contributed by atoms with van der Waals surface area (Å²) in [6, 6.07) is 11.8. The van der Waals surface area contributed by atoms with E-state index >= 15 is 0 Å². The second kappa shape index (κ2) is 20.2. The van der Waals surface area contributed by atoms with E-state index in [1.165, 1.54) is 34.5 Å². The van der Waals surface area contributed by atoms with Gasteiger partial charge < -0.3 is 33.6 Å². The summed E-state index contributed by atoms with van der Waals surface area (Å²) in [5.74, 6) is 0.852. The van der Waals surface area contributed by atoms with Crippen LogP contribution >= 0.6 is 0 Å². The average Bonchev–Trinajstić information content (AvgIpc) is 3.42. The number of likely N-dealkylation sites (tertiary alicyclic amines) is 1. The Kier molecular flexibility index (Phi) is 15.8. The molecular formula is C39H54N2O7. The van der Waals surface area contributed by atoms with E-state index in [0.29, 0.717) is 88.5 Å². The Labute approximate surface area is 285 Å². The molecule has 9 nitrogen and oxygen atoms in total. The van der Waals surface area contributed by atoms with Crippen molar-refractivity contribution in [2.24, 2.45) is 5.92 Å². The molecule has 1 aliphatic heterocycles. The van der Waals surface area contributed by atoms with Crippen molar-refractivity contribution < 1.29 is 33.3 Å². The highest BCUT2D eigenvalue weighted by molar-refractivity contribution is 6.04.